The first kappa shape index (κ1) is 26.5. The maximum atomic E-state index is 12.9. The van der Waals surface area contributed by atoms with Crippen LogP contribution in [0.4, 0.5) is 0 Å². The molecule has 0 saturated carbocycles. The molecule has 1 fully saturated rings. The van der Waals surface area contributed by atoms with Crippen molar-refractivity contribution in [3.8, 4) is 17.2 Å². The van der Waals surface area contributed by atoms with Crippen LogP contribution >= 0.6 is 0 Å². The second kappa shape index (κ2) is 12.2. The molecule has 2 heterocycles. The van der Waals surface area contributed by atoms with Gasteiger partial charge < -0.3 is 24.9 Å². The van der Waals surface area contributed by atoms with Gasteiger partial charge in [0.15, 0.2) is 5.58 Å². The maximum absolute atomic E-state index is 12.9. The second-order valence-corrected chi connectivity index (χ2v) is 10.8. The van der Waals surface area contributed by atoms with Crippen molar-refractivity contribution in [3.63, 3.8) is 0 Å². The number of ether oxygens (including phenoxy) is 1. The Morgan fingerprint density at radius 1 is 1.15 bits per heavy atom. The number of carbonyl (C=O) groups is 1. The third-order valence-corrected chi connectivity index (χ3v) is 7.77. The van der Waals surface area contributed by atoms with Gasteiger partial charge in [0.1, 0.15) is 24.0 Å². The SMILES string of the molecule is O=C(CC1CN(C[C@@H](O)COc2ccc3oc(-c4ccccc4)nc3c2)CCN1)N[C@@H]1CCCc2ccccc21. The van der Waals surface area contributed by atoms with Crippen molar-refractivity contribution in [1.29, 1.82) is 0 Å². The Hall–Kier alpha value is -3.72. The number of aryl methyl sites for hydroxylation is 1. The van der Waals surface area contributed by atoms with Crippen LogP contribution in [0.25, 0.3) is 22.6 Å². The van der Waals surface area contributed by atoms with Gasteiger partial charge in [0.2, 0.25) is 11.8 Å². The van der Waals surface area contributed by atoms with E-state index in [4.69, 9.17) is 9.15 Å². The highest BCUT2D eigenvalue weighted by molar-refractivity contribution is 5.78. The minimum absolute atomic E-state index is 0.0501. The summed E-state index contributed by atoms with van der Waals surface area (Å²) in [6, 6.07) is 23.8. The Morgan fingerprint density at radius 2 is 2.00 bits per heavy atom. The molecule has 8 nitrogen and oxygen atoms in total. The van der Waals surface area contributed by atoms with Crippen LogP contribution in [0, 0.1) is 0 Å². The lowest BCUT2D eigenvalue weighted by Gasteiger charge is -2.35. The number of amides is 1. The quantitative estimate of drug-likeness (QED) is 0.294. The van der Waals surface area contributed by atoms with E-state index in [1.807, 2.05) is 54.6 Å². The largest absolute Gasteiger partial charge is 0.491 e. The van der Waals surface area contributed by atoms with E-state index >= 15 is 0 Å². The number of aliphatic hydroxyl groups is 1. The number of carbonyl (C=O) groups excluding carboxylic acids is 1. The Labute approximate surface area is 234 Å². The highest BCUT2D eigenvalue weighted by atomic mass is 16.5. The fourth-order valence-corrected chi connectivity index (χ4v) is 5.82. The van der Waals surface area contributed by atoms with E-state index in [1.165, 1.54) is 11.1 Å². The number of aromatic nitrogens is 1. The fourth-order valence-electron chi connectivity index (χ4n) is 5.82. The van der Waals surface area contributed by atoms with Crippen molar-refractivity contribution in [1.82, 2.24) is 20.5 Å². The summed E-state index contributed by atoms with van der Waals surface area (Å²) in [5.74, 6) is 1.28. The zero-order valence-electron chi connectivity index (χ0n) is 22.6. The molecule has 1 aliphatic heterocycles. The number of nitrogens with zero attached hydrogens (tertiary/aromatic N) is 2. The van der Waals surface area contributed by atoms with Gasteiger partial charge in [0, 0.05) is 50.3 Å². The maximum Gasteiger partial charge on any atom is 0.227 e. The van der Waals surface area contributed by atoms with E-state index in [0.29, 0.717) is 42.3 Å². The Morgan fingerprint density at radius 3 is 2.90 bits per heavy atom. The Bertz CT molecular complexity index is 1440. The molecule has 3 N–H and O–H groups in total. The molecule has 6 rings (SSSR count). The van der Waals surface area contributed by atoms with Crippen LogP contribution < -0.4 is 15.4 Å². The number of hydrogen-bond acceptors (Lipinski definition) is 7. The summed E-state index contributed by atoms with van der Waals surface area (Å²) < 4.78 is 11.8. The van der Waals surface area contributed by atoms with Gasteiger partial charge in [-0.25, -0.2) is 4.98 Å². The standard InChI is InChI=1S/C32H36N4O4/c37-25(21-39-26-13-14-30-29(18-26)35-32(40-30)23-8-2-1-3-9-23)20-36-16-15-33-24(19-36)17-31(38)34-28-12-6-10-22-7-4-5-11-27(22)28/h1-5,7-9,11,13-14,18,24-25,28,33,37H,6,10,12,15-17,19-21H2,(H,34,38)/t24?,25-,28-/m1/s1. The number of piperazine rings is 1. The number of fused-ring (bicyclic) bond motifs is 2. The molecule has 0 radical (unpaired) electrons. The van der Waals surface area contributed by atoms with Crippen molar-refractivity contribution >= 4 is 17.0 Å². The van der Waals surface area contributed by atoms with E-state index in [2.05, 4.69) is 38.7 Å². The average Bonchev–Trinajstić information content (AvgIpc) is 3.41. The van der Waals surface area contributed by atoms with Gasteiger partial charge in [-0.05, 0) is 54.7 Å². The second-order valence-electron chi connectivity index (χ2n) is 10.8. The number of nitrogens with one attached hydrogen (secondary N) is 2. The smallest absolute Gasteiger partial charge is 0.227 e. The number of oxazole rings is 1. The summed E-state index contributed by atoms with van der Waals surface area (Å²) in [6.45, 7) is 2.97. The molecule has 1 amide bonds. The minimum Gasteiger partial charge on any atom is -0.491 e. The lowest BCUT2D eigenvalue weighted by atomic mass is 9.87. The molecule has 4 aromatic rings. The zero-order valence-corrected chi connectivity index (χ0v) is 22.6. The van der Waals surface area contributed by atoms with E-state index in [0.717, 1.165) is 37.9 Å². The van der Waals surface area contributed by atoms with Gasteiger partial charge in [-0.15, -0.1) is 0 Å². The van der Waals surface area contributed by atoms with Crippen LogP contribution in [-0.4, -0.2) is 65.8 Å². The molecule has 0 bridgehead atoms. The topological polar surface area (TPSA) is 99.9 Å². The van der Waals surface area contributed by atoms with Crippen LogP contribution in [-0.2, 0) is 11.2 Å². The summed E-state index contributed by atoms with van der Waals surface area (Å²) in [6.07, 6.45) is 2.93. The van der Waals surface area contributed by atoms with Crippen LogP contribution in [0.15, 0.2) is 77.2 Å². The van der Waals surface area contributed by atoms with Crippen molar-refractivity contribution in [2.45, 2.75) is 43.9 Å². The van der Waals surface area contributed by atoms with E-state index in [-0.39, 0.29) is 24.6 Å². The first-order chi connectivity index (χ1) is 19.6. The van der Waals surface area contributed by atoms with Gasteiger partial charge in [0.25, 0.3) is 0 Å². The first-order valence-electron chi connectivity index (χ1n) is 14.2. The Kier molecular flexibility index (Phi) is 8.09. The molecule has 8 heteroatoms. The molecule has 3 atom stereocenters. The number of hydrogen-bond donors (Lipinski definition) is 3. The van der Waals surface area contributed by atoms with E-state index in [9.17, 15) is 9.90 Å². The minimum atomic E-state index is -0.654. The van der Waals surface area contributed by atoms with Gasteiger partial charge in [0.05, 0.1) is 6.04 Å². The highest BCUT2D eigenvalue weighted by Gasteiger charge is 2.26. The zero-order chi connectivity index (χ0) is 27.3. The number of benzene rings is 3. The highest BCUT2D eigenvalue weighted by Crippen LogP contribution is 2.30. The predicted molar refractivity (Wildman–Crippen MR) is 154 cm³/mol. The van der Waals surface area contributed by atoms with Gasteiger partial charge in [-0.1, -0.05) is 42.5 Å². The monoisotopic (exact) mass is 540 g/mol. The Balaban J connectivity index is 0.975. The fraction of sp³-hybridized carbons (Fsp3) is 0.375. The van der Waals surface area contributed by atoms with Crippen LogP contribution in [0.2, 0.25) is 0 Å². The number of aliphatic hydroxyl groups excluding tert-OH is 1. The molecule has 208 valence electrons. The summed E-state index contributed by atoms with van der Waals surface area (Å²) in [5, 5.41) is 17.4. The number of β-amino-alcohol motifs (C(OH)–C–C–N with tert-alkyl or cyclic N) is 1. The molecule has 1 aliphatic carbocycles. The van der Waals surface area contributed by atoms with Crippen LogP contribution in [0.5, 0.6) is 5.75 Å². The summed E-state index contributed by atoms with van der Waals surface area (Å²) >= 11 is 0. The normalized spacial score (nSPS) is 20.1. The summed E-state index contributed by atoms with van der Waals surface area (Å²) in [4.78, 5) is 19.7. The van der Waals surface area contributed by atoms with E-state index < -0.39 is 6.10 Å². The van der Waals surface area contributed by atoms with Crippen molar-refractivity contribution in [3.05, 3.63) is 83.9 Å². The average molecular weight is 541 g/mol. The lowest BCUT2D eigenvalue weighted by Crippen LogP contribution is -2.54. The number of rotatable bonds is 9. The molecule has 40 heavy (non-hydrogen) atoms. The van der Waals surface area contributed by atoms with Crippen molar-refractivity contribution < 1.29 is 19.1 Å². The van der Waals surface area contributed by atoms with Gasteiger partial charge in [-0.2, -0.15) is 0 Å². The third-order valence-electron chi connectivity index (χ3n) is 7.77. The molecular formula is C32H36N4O4. The molecular weight excluding hydrogens is 504 g/mol. The van der Waals surface area contributed by atoms with Gasteiger partial charge in [-0.3, -0.25) is 9.69 Å². The molecule has 1 aromatic heterocycles. The molecule has 2 aliphatic rings. The lowest BCUT2D eigenvalue weighted by molar-refractivity contribution is -0.122. The van der Waals surface area contributed by atoms with E-state index in [1.54, 1.807) is 0 Å². The van der Waals surface area contributed by atoms with Crippen LogP contribution in [0.1, 0.15) is 36.4 Å². The first-order valence-corrected chi connectivity index (χ1v) is 14.2. The third kappa shape index (κ3) is 6.36. The molecule has 1 saturated heterocycles. The summed E-state index contributed by atoms with van der Waals surface area (Å²) in [5.41, 5.74) is 4.92. The summed E-state index contributed by atoms with van der Waals surface area (Å²) in [7, 11) is 0. The van der Waals surface area contributed by atoms with Gasteiger partial charge >= 0.3 is 0 Å². The van der Waals surface area contributed by atoms with Crippen molar-refractivity contribution in [2.75, 3.05) is 32.8 Å². The molecule has 0 spiro atoms. The molecule has 1 unspecified atom stereocenters. The van der Waals surface area contributed by atoms with Crippen molar-refractivity contribution in [2.24, 2.45) is 0 Å². The molecule has 3 aromatic carbocycles. The van der Waals surface area contributed by atoms with Crippen LogP contribution in [0.3, 0.4) is 0 Å². The predicted octanol–water partition coefficient (Wildman–Crippen LogP) is 4.09.